The van der Waals surface area contributed by atoms with Crippen molar-refractivity contribution in [3.63, 3.8) is 0 Å². The van der Waals surface area contributed by atoms with Crippen molar-refractivity contribution < 1.29 is 4.74 Å². The molecule has 4 heterocycles. The number of pyridine rings is 1. The van der Waals surface area contributed by atoms with Gasteiger partial charge in [0.2, 0.25) is 0 Å². The van der Waals surface area contributed by atoms with Crippen LogP contribution >= 0.6 is 0 Å². The molecule has 0 spiro atoms. The van der Waals surface area contributed by atoms with Crippen molar-refractivity contribution >= 4 is 11.5 Å². The zero-order valence-corrected chi connectivity index (χ0v) is 13.1. The van der Waals surface area contributed by atoms with E-state index in [9.17, 15) is 0 Å². The molecule has 0 bridgehead atoms. The van der Waals surface area contributed by atoms with Gasteiger partial charge in [0, 0.05) is 31.8 Å². The Morgan fingerprint density at radius 1 is 1.30 bits per heavy atom. The summed E-state index contributed by atoms with van der Waals surface area (Å²) in [6.45, 7) is 2.32. The third kappa shape index (κ3) is 2.77. The van der Waals surface area contributed by atoms with Gasteiger partial charge in [0.15, 0.2) is 0 Å². The van der Waals surface area contributed by atoms with Crippen molar-refractivity contribution in [3.8, 4) is 0 Å². The SMILES string of the molecule is CN(Cc1cnc2ccccn12)c1cc([C@H]2CCOC2)ncn1. The Labute approximate surface area is 134 Å². The first-order chi connectivity index (χ1) is 11.3. The Kier molecular flexibility index (Phi) is 3.67. The predicted molar refractivity (Wildman–Crippen MR) is 87.5 cm³/mol. The largest absolute Gasteiger partial charge is 0.381 e. The van der Waals surface area contributed by atoms with Gasteiger partial charge >= 0.3 is 0 Å². The maximum absolute atomic E-state index is 5.46. The van der Waals surface area contributed by atoms with E-state index >= 15 is 0 Å². The summed E-state index contributed by atoms with van der Waals surface area (Å²) in [5.74, 6) is 1.31. The van der Waals surface area contributed by atoms with E-state index in [0.717, 1.165) is 49.0 Å². The molecule has 1 fully saturated rings. The lowest BCUT2D eigenvalue weighted by atomic mass is 10.0. The molecule has 6 heteroatoms. The van der Waals surface area contributed by atoms with Crippen molar-refractivity contribution in [2.75, 3.05) is 25.2 Å². The van der Waals surface area contributed by atoms with Gasteiger partial charge in [0.25, 0.3) is 0 Å². The van der Waals surface area contributed by atoms with Gasteiger partial charge in [-0.2, -0.15) is 0 Å². The summed E-state index contributed by atoms with van der Waals surface area (Å²) in [4.78, 5) is 15.4. The van der Waals surface area contributed by atoms with Crippen LogP contribution < -0.4 is 4.90 Å². The minimum absolute atomic E-state index is 0.390. The molecule has 0 N–H and O–H groups in total. The minimum atomic E-state index is 0.390. The van der Waals surface area contributed by atoms with Gasteiger partial charge < -0.3 is 14.0 Å². The number of fused-ring (bicyclic) bond motifs is 1. The molecule has 1 atom stereocenters. The summed E-state index contributed by atoms with van der Waals surface area (Å²) in [6.07, 6.45) is 6.63. The van der Waals surface area contributed by atoms with E-state index in [4.69, 9.17) is 4.74 Å². The predicted octanol–water partition coefficient (Wildman–Crippen LogP) is 2.26. The molecule has 4 rings (SSSR count). The van der Waals surface area contributed by atoms with Crippen molar-refractivity contribution in [2.45, 2.75) is 18.9 Å². The summed E-state index contributed by atoms with van der Waals surface area (Å²) in [6, 6.07) is 8.09. The Bertz CT molecular complexity index is 809. The molecule has 0 unspecified atom stereocenters. The first-order valence-electron chi connectivity index (χ1n) is 7.83. The number of ether oxygens (including phenoxy) is 1. The Morgan fingerprint density at radius 3 is 3.13 bits per heavy atom. The van der Waals surface area contributed by atoms with Crippen LogP contribution in [0.4, 0.5) is 5.82 Å². The van der Waals surface area contributed by atoms with Crippen molar-refractivity contribution in [1.82, 2.24) is 19.4 Å². The fourth-order valence-corrected chi connectivity index (χ4v) is 2.99. The van der Waals surface area contributed by atoms with Crippen molar-refractivity contribution in [1.29, 1.82) is 0 Å². The third-order valence-corrected chi connectivity index (χ3v) is 4.31. The molecule has 23 heavy (non-hydrogen) atoms. The molecule has 6 nitrogen and oxygen atoms in total. The number of nitrogens with zero attached hydrogens (tertiary/aromatic N) is 5. The van der Waals surface area contributed by atoms with Crippen molar-refractivity contribution in [3.05, 3.63) is 54.4 Å². The van der Waals surface area contributed by atoms with E-state index < -0.39 is 0 Å². The number of rotatable bonds is 4. The highest BCUT2D eigenvalue weighted by atomic mass is 16.5. The lowest BCUT2D eigenvalue weighted by Gasteiger charge is -2.19. The zero-order valence-electron chi connectivity index (χ0n) is 13.1. The second kappa shape index (κ2) is 5.96. The molecule has 3 aromatic heterocycles. The fraction of sp³-hybridized carbons (Fsp3) is 0.353. The lowest BCUT2D eigenvalue weighted by molar-refractivity contribution is 0.193. The standard InChI is InChI=1S/C17H19N5O/c1-21(10-14-9-18-16-4-2-3-6-22(14)16)17-8-15(19-12-20-17)13-5-7-23-11-13/h2-4,6,8-9,12-13H,5,7,10-11H2,1H3/t13-/m0/s1. The lowest BCUT2D eigenvalue weighted by Crippen LogP contribution is -2.19. The van der Waals surface area contributed by atoms with E-state index in [0.29, 0.717) is 5.92 Å². The minimum Gasteiger partial charge on any atom is -0.381 e. The monoisotopic (exact) mass is 309 g/mol. The second-order valence-corrected chi connectivity index (χ2v) is 5.90. The summed E-state index contributed by atoms with van der Waals surface area (Å²) >= 11 is 0. The van der Waals surface area contributed by atoms with Crippen LogP contribution in [0.3, 0.4) is 0 Å². The van der Waals surface area contributed by atoms with Crippen LogP contribution in [0, 0.1) is 0 Å². The average molecular weight is 309 g/mol. The van der Waals surface area contributed by atoms with Gasteiger partial charge in [-0.1, -0.05) is 6.07 Å². The summed E-state index contributed by atoms with van der Waals surface area (Å²) in [5.41, 5.74) is 3.16. The van der Waals surface area contributed by atoms with Crippen LogP contribution in [0.15, 0.2) is 43.0 Å². The molecule has 1 aliphatic heterocycles. The molecule has 0 saturated carbocycles. The van der Waals surface area contributed by atoms with Gasteiger partial charge in [-0.25, -0.2) is 15.0 Å². The summed E-state index contributed by atoms with van der Waals surface area (Å²) in [5, 5.41) is 0. The first kappa shape index (κ1) is 14.1. The topological polar surface area (TPSA) is 55.6 Å². The molecular weight excluding hydrogens is 290 g/mol. The highest BCUT2D eigenvalue weighted by Crippen LogP contribution is 2.25. The van der Waals surface area contributed by atoms with Crippen LogP contribution in [0.25, 0.3) is 5.65 Å². The highest BCUT2D eigenvalue weighted by Gasteiger charge is 2.20. The van der Waals surface area contributed by atoms with E-state index in [2.05, 4.69) is 30.3 Å². The van der Waals surface area contributed by atoms with Crippen LogP contribution in [-0.2, 0) is 11.3 Å². The van der Waals surface area contributed by atoms with E-state index in [1.165, 1.54) is 0 Å². The molecule has 3 aromatic rings. The van der Waals surface area contributed by atoms with E-state index in [1.54, 1.807) is 6.33 Å². The molecule has 0 radical (unpaired) electrons. The second-order valence-electron chi connectivity index (χ2n) is 5.90. The van der Waals surface area contributed by atoms with Crippen LogP contribution in [0.5, 0.6) is 0 Å². The van der Waals surface area contributed by atoms with Crippen LogP contribution in [0.1, 0.15) is 23.7 Å². The normalized spacial score (nSPS) is 17.7. The average Bonchev–Trinajstić information content (AvgIpc) is 3.25. The number of aromatic nitrogens is 4. The first-order valence-corrected chi connectivity index (χ1v) is 7.83. The Hall–Kier alpha value is -2.47. The Balaban J connectivity index is 1.57. The molecular formula is C17H19N5O. The maximum atomic E-state index is 5.46. The summed E-state index contributed by atoms with van der Waals surface area (Å²) < 4.78 is 7.56. The van der Waals surface area contributed by atoms with Gasteiger partial charge in [0.1, 0.15) is 17.8 Å². The quantitative estimate of drug-likeness (QED) is 0.740. The number of hydrogen-bond acceptors (Lipinski definition) is 5. The van der Waals surface area contributed by atoms with Gasteiger partial charge in [-0.3, -0.25) is 0 Å². The number of anilines is 1. The van der Waals surface area contributed by atoms with Crippen molar-refractivity contribution in [2.24, 2.45) is 0 Å². The zero-order chi connectivity index (χ0) is 15.6. The molecule has 0 aliphatic carbocycles. The number of imidazole rings is 1. The maximum Gasteiger partial charge on any atom is 0.136 e. The van der Waals surface area contributed by atoms with Gasteiger partial charge in [-0.15, -0.1) is 0 Å². The van der Waals surface area contributed by atoms with Crippen LogP contribution in [-0.4, -0.2) is 39.6 Å². The highest BCUT2D eigenvalue weighted by molar-refractivity contribution is 5.43. The molecule has 118 valence electrons. The van der Waals surface area contributed by atoms with Gasteiger partial charge in [0.05, 0.1) is 30.7 Å². The molecule has 0 aromatic carbocycles. The van der Waals surface area contributed by atoms with Crippen LogP contribution in [0.2, 0.25) is 0 Å². The van der Waals surface area contributed by atoms with E-state index in [1.807, 2.05) is 37.6 Å². The molecule has 1 saturated heterocycles. The van der Waals surface area contributed by atoms with E-state index in [-0.39, 0.29) is 0 Å². The number of hydrogen-bond donors (Lipinski definition) is 0. The Morgan fingerprint density at radius 2 is 2.26 bits per heavy atom. The van der Waals surface area contributed by atoms with Gasteiger partial charge in [-0.05, 0) is 18.6 Å². The summed E-state index contributed by atoms with van der Waals surface area (Å²) in [7, 11) is 2.04. The third-order valence-electron chi connectivity index (χ3n) is 4.31. The molecule has 1 aliphatic rings. The fourth-order valence-electron chi connectivity index (χ4n) is 2.99. The molecule has 0 amide bonds. The smallest absolute Gasteiger partial charge is 0.136 e.